The van der Waals surface area contributed by atoms with E-state index in [0.717, 1.165) is 10.0 Å². The number of carbonyl (C=O) groups is 1. The lowest BCUT2D eigenvalue weighted by Crippen LogP contribution is -2.32. The van der Waals surface area contributed by atoms with Crippen LogP contribution in [-0.4, -0.2) is 12.0 Å². The molecule has 2 rings (SSSR count). The fourth-order valence-electron chi connectivity index (χ4n) is 1.97. The van der Waals surface area contributed by atoms with E-state index in [1.54, 1.807) is 18.2 Å². The zero-order valence-corrected chi connectivity index (χ0v) is 14.7. The maximum atomic E-state index is 12.3. The van der Waals surface area contributed by atoms with Gasteiger partial charge in [-0.3, -0.25) is 4.79 Å². The molecule has 1 atom stereocenters. The number of hydrogen-bond donors (Lipinski definition) is 1. The lowest BCUT2D eigenvalue weighted by atomic mass is 10.2. The van der Waals surface area contributed by atoms with E-state index in [-0.39, 0.29) is 5.91 Å². The number of rotatable bonds is 5. The molecule has 1 N–H and O–H groups in total. The Morgan fingerprint density at radius 3 is 2.73 bits per heavy atom. The summed E-state index contributed by atoms with van der Waals surface area (Å²) in [5, 5.41) is 3.37. The van der Waals surface area contributed by atoms with Gasteiger partial charge in [0, 0.05) is 10.2 Å². The van der Waals surface area contributed by atoms with Gasteiger partial charge in [-0.05, 0) is 65.2 Å². The molecule has 0 aliphatic heterocycles. The van der Waals surface area contributed by atoms with Crippen molar-refractivity contribution in [1.29, 1.82) is 0 Å². The topological polar surface area (TPSA) is 38.3 Å². The number of halogens is 2. The summed E-state index contributed by atoms with van der Waals surface area (Å²) < 4.78 is 6.57. The van der Waals surface area contributed by atoms with Gasteiger partial charge in [0.15, 0.2) is 6.10 Å². The predicted molar refractivity (Wildman–Crippen MR) is 93.7 cm³/mol. The first kappa shape index (κ1) is 16.8. The van der Waals surface area contributed by atoms with Crippen molar-refractivity contribution in [3.8, 4) is 5.75 Å². The molecule has 0 saturated carbocycles. The largest absolute Gasteiger partial charge is 0.481 e. The highest BCUT2D eigenvalue weighted by Crippen LogP contribution is 2.26. The Bertz CT molecular complexity index is 675. The van der Waals surface area contributed by atoms with Gasteiger partial charge in [-0.2, -0.15) is 0 Å². The number of carbonyl (C=O) groups excluding carboxylic acids is 1. The molecule has 116 valence electrons. The molecule has 1 amide bonds. The fourth-order valence-corrected chi connectivity index (χ4v) is 2.40. The molecular formula is C17H17BrClNO2. The minimum atomic E-state index is -0.552. The molecule has 0 fully saturated rings. The van der Waals surface area contributed by atoms with Gasteiger partial charge < -0.3 is 10.1 Å². The smallest absolute Gasteiger partial charge is 0.265 e. The van der Waals surface area contributed by atoms with Crippen LogP contribution in [0.3, 0.4) is 0 Å². The maximum Gasteiger partial charge on any atom is 0.265 e. The van der Waals surface area contributed by atoms with Crippen molar-refractivity contribution >= 4 is 39.1 Å². The molecule has 1 unspecified atom stereocenters. The van der Waals surface area contributed by atoms with Crippen LogP contribution in [0.1, 0.15) is 18.9 Å². The first-order chi connectivity index (χ1) is 10.5. The summed E-state index contributed by atoms with van der Waals surface area (Å²) >= 11 is 9.35. The number of aryl methyl sites for hydroxylation is 1. The van der Waals surface area contributed by atoms with Crippen LogP contribution in [-0.2, 0) is 4.79 Å². The van der Waals surface area contributed by atoms with Crippen molar-refractivity contribution in [3.05, 3.63) is 57.5 Å². The highest BCUT2D eigenvalue weighted by molar-refractivity contribution is 9.10. The third-order valence-electron chi connectivity index (χ3n) is 3.12. The summed E-state index contributed by atoms with van der Waals surface area (Å²) in [6.07, 6.45) is 0.0218. The molecule has 2 aromatic rings. The van der Waals surface area contributed by atoms with E-state index in [1.807, 2.05) is 38.1 Å². The molecule has 0 aliphatic carbocycles. The van der Waals surface area contributed by atoms with Crippen molar-refractivity contribution < 1.29 is 9.53 Å². The van der Waals surface area contributed by atoms with Gasteiger partial charge >= 0.3 is 0 Å². The minimum absolute atomic E-state index is 0.192. The lowest BCUT2D eigenvalue weighted by Gasteiger charge is -2.17. The summed E-state index contributed by atoms with van der Waals surface area (Å²) in [5.41, 5.74) is 1.73. The number of benzene rings is 2. The summed E-state index contributed by atoms with van der Waals surface area (Å²) in [4.78, 5) is 12.3. The number of hydrogen-bond acceptors (Lipinski definition) is 2. The number of ether oxygens (including phenoxy) is 1. The van der Waals surface area contributed by atoms with Crippen molar-refractivity contribution in [2.24, 2.45) is 0 Å². The molecular weight excluding hydrogens is 366 g/mol. The second kappa shape index (κ2) is 7.65. The second-order valence-corrected chi connectivity index (χ2v) is 6.21. The van der Waals surface area contributed by atoms with Gasteiger partial charge in [0.25, 0.3) is 5.91 Å². The molecule has 0 bridgehead atoms. The first-order valence-electron chi connectivity index (χ1n) is 6.99. The highest BCUT2D eigenvalue weighted by Gasteiger charge is 2.18. The Hall–Kier alpha value is -1.52. The molecule has 0 saturated heterocycles. The zero-order chi connectivity index (χ0) is 16.1. The molecule has 0 heterocycles. The standard InChI is InChI=1S/C17H17BrClNO2/c1-3-16(22-13-6-4-5-11(2)9-13)17(21)20-12-7-8-14(18)15(19)10-12/h4-10,16H,3H2,1-2H3,(H,20,21). The molecule has 0 spiro atoms. The van der Waals surface area contributed by atoms with E-state index in [9.17, 15) is 4.79 Å². The molecule has 5 heteroatoms. The van der Waals surface area contributed by atoms with Gasteiger partial charge in [-0.25, -0.2) is 0 Å². The fraction of sp³-hybridized carbons (Fsp3) is 0.235. The van der Waals surface area contributed by atoms with Crippen LogP contribution < -0.4 is 10.1 Å². The number of amides is 1. The maximum absolute atomic E-state index is 12.3. The number of nitrogens with one attached hydrogen (secondary N) is 1. The van der Waals surface area contributed by atoms with Crippen LogP contribution >= 0.6 is 27.5 Å². The Labute approximate surface area is 143 Å². The Balaban J connectivity index is 2.06. The van der Waals surface area contributed by atoms with Gasteiger partial charge in [0.1, 0.15) is 5.75 Å². The third-order valence-corrected chi connectivity index (χ3v) is 4.35. The van der Waals surface area contributed by atoms with Gasteiger partial charge in [0.2, 0.25) is 0 Å². The average Bonchev–Trinajstić information content (AvgIpc) is 2.48. The molecule has 0 aliphatic rings. The molecule has 22 heavy (non-hydrogen) atoms. The first-order valence-corrected chi connectivity index (χ1v) is 8.16. The molecule has 0 aromatic heterocycles. The van der Waals surface area contributed by atoms with Crippen LogP contribution in [0, 0.1) is 6.92 Å². The summed E-state index contributed by atoms with van der Waals surface area (Å²) in [7, 11) is 0. The average molecular weight is 383 g/mol. The predicted octanol–water partition coefficient (Wildman–Crippen LogP) is 5.21. The van der Waals surface area contributed by atoms with Crippen molar-refractivity contribution in [3.63, 3.8) is 0 Å². The van der Waals surface area contributed by atoms with Crippen LogP contribution in [0.15, 0.2) is 46.9 Å². The van der Waals surface area contributed by atoms with Crippen LogP contribution in [0.25, 0.3) is 0 Å². The number of anilines is 1. The minimum Gasteiger partial charge on any atom is -0.481 e. The van der Waals surface area contributed by atoms with E-state index < -0.39 is 6.10 Å². The van der Waals surface area contributed by atoms with E-state index in [2.05, 4.69) is 21.2 Å². The summed E-state index contributed by atoms with van der Waals surface area (Å²) in [6.45, 7) is 3.90. The van der Waals surface area contributed by atoms with Gasteiger partial charge in [-0.1, -0.05) is 30.7 Å². The second-order valence-electron chi connectivity index (χ2n) is 4.95. The normalized spacial score (nSPS) is 11.8. The quantitative estimate of drug-likeness (QED) is 0.771. The van der Waals surface area contributed by atoms with Crippen molar-refractivity contribution in [2.75, 3.05) is 5.32 Å². The van der Waals surface area contributed by atoms with Crippen LogP contribution in [0.5, 0.6) is 5.75 Å². The highest BCUT2D eigenvalue weighted by atomic mass is 79.9. The molecule has 2 aromatic carbocycles. The van der Waals surface area contributed by atoms with Crippen molar-refractivity contribution in [1.82, 2.24) is 0 Å². The molecule has 0 radical (unpaired) electrons. The SMILES string of the molecule is CCC(Oc1cccc(C)c1)C(=O)Nc1ccc(Br)c(Cl)c1. The van der Waals surface area contributed by atoms with E-state index in [1.165, 1.54) is 0 Å². The lowest BCUT2D eigenvalue weighted by molar-refractivity contribution is -0.122. The third kappa shape index (κ3) is 4.49. The van der Waals surface area contributed by atoms with Crippen LogP contribution in [0.2, 0.25) is 5.02 Å². The van der Waals surface area contributed by atoms with Gasteiger partial charge in [0.05, 0.1) is 5.02 Å². The zero-order valence-electron chi connectivity index (χ0n) is 12.4. The Morgan fingerprint density at radius 2 is 2.09 bits per heavy atom. The summed E-state index contributed by atoms with van der Waals surface area (Å²) in [6, 6.07) is 12.9. The van der Waals surface area contributed by atoms with E-state index in [0.29, 0.717) is 22.9 Å². The Kier molecular flexibility index (Phi) is 5.86. The van der Waals surface area contributed by atoms with E-state index >= 15 is 0 Å². The molecule has 3 nitrogen and oxygen atoms in total. The van der Waals surface area contributed by atoms with Gasteiger partial charge in [-0.15, -0.1) is 0 Å². The monoisotopic (exact) mass is 381 g/mol. The van der Waals surface area contributed by atoms with Crippen molar-refractivity contribution in [2.45, 2.75) is 26.4 Å². The Morgan fingerprint density at radius 1 is 1.32 bits per heavy atom. The van der Waals surface area contributed by atoms with Crippen LogP contribution in [0.4, 0.5) is 5.69 Å². The van der Waals surface area contributed by atoms with E-state index in [4.69, 9.17) is 16.3 Å². The summed E-state index contributed by atoms with van der Waals surface area (Å²) in [5.74, 6) is 0.498.